The Bertz CT molecular complexity index is 420. The SMILES string of the molecule is CC(C)N1C[C@H]2CN(C(=O)CC3CC3)CC[C@@H]2OCC1=O. The number of ether oxygens (including phenoxy) is 1. The fourth-order valence-corrected chi connectivity index (χ4v) is 3.44. The van der Waals surface area contributed by atoms with Crippen LogP contribution in [0.1, 0.15) is 39.5 Å². The van der Waals surface area contributed by atoms with Crippen molar-refractivity contribution in [3.05, 3.63) is 0 Å². The lowest BCUT2D eigenvalue weighted by atomic mass is 9.93. The summed E-state index contributed by atoms with van der Waals surface area (Å²) in [5.41, 5.74) is 0. The molecule has 1 saturated carbocycles. The van der Waals surface area contributed by atoms with Crippen LogP contribution in [-0.4, -0.2) is 60.0 Å². The fraction of sp³-hybridized carbons (Fsp3) is 0.875. The lowest BCUT2D eigenvalue weighted by molar-refractivity contribution is -0.138. The van der Waals surface area contributed by atoms with Crippen LogP contribution in [0.4, 0.5) is 0 Å². The Hall–Kier alpha value is -1.10. The van der Waals surface area contributed by atoms with E-state index in [-0.39, 0.29) is 30.6 Å². The number of carbonyl (C=O) groups excluding carboxylic acids is 2. The average Bonchev–Trinajstić information content (AvgIpc) is 3.26. The molecule has 2 aliphatic heterocycles. The van der Waals surface area contributed by atoms with Gasteiger partial charge in [-0.25, -0.2) is 0 Å². The van der Waals surface area contributed by atoms with Crippen LogP contribution in [0.2, 0.25) is 0 Å². The van der Waals surface area contributed by atoms with Crippen LogP contribution in [0.25, 0.3) is 0 Å². The van der Waals surface area contributed by atoms with Gasteiger partial charge in [-0.2, -0.15) is 0 Å². The molecule has 0 bridgehead atoms. The molecule has 5 heteroatoms. The lowest BCUT2D eigenvalue weighted by Gasteiger charge is -2.38. The van der Waals surface area contributed by atoms with Crippen molar-refractivity contribution in [1.29, 1.82) is 0 Å². The second-order valence-electron chi connectivity index (χ2n) is 7.03. The highest BCUT2D eigenvalue weighted by Gasteiger charge is 2.38. The summed E-state index contributed by atoms with van der Waals surface area (Å²) in [6, 6.07) is 0.192. The van der Waals surface area contributed by atoms with E-state index in [1.807, 2.05) is 23.6 Å². The number of carbonyl (C=O) groups is 2. The summed E-state index contributed by atoms with van der Waals surface area (Å²) >= 11 is 0. The molecule has 2 atom stereocenters. The number of likely N-dealkylation sites (tertiary alicyclic amines) is 1. The largest absolute Gasteiger partial charge is 0.368 e. The molecule has 2 amide bonds. The molecule has 0 aromatic carbocycles. The van der Waals surface area contributed by atoms with Gasteiger partial charge in [0.15, 0.2) is 0 Å². The van der Waals surface area contributed by atoms with Crippen LogP contribution in [0.15, 0.2) is 0 Å². The summed E-state index contributed by atoms with van der Waals surface area (Å²) in [6.07, 6.45) is 4.13. The van der Waals surface area contributed by atoms with Gasteiger partial charge in [-0.1, -0.05) is 0 Å². The van der Waals surface area contributed by atoms with Crippen LogP contribution in [0, 0.1) is 11.8 Å². The topological polar surface area (TPSA) is 49.9 Å². The van der Waals surface area contributed by atoms with Crippen molar-refractivity contribution < 1.29 is 14.3 Å². The highest BCUT2D eigenvalue weighted by molar-refractivity contribution is 5.78. The zero-order valence-electron chi connectivity index (χ0n) is 13.1. The third-order valence-electron chi connectivity index (χ3n) is 4.97. The fourth-order valence-electron chi connectivity index (χ4n) is 3.44. The van der Waals surface area contributed by atoms with Crippen LogP contribution in [0.5, 0.6) is 0 Å². The minimum absolute atomic E-state index is 0.0789. The second kappa shape index (κ2) is 5.95. The van der Waals surface area contributed by atoms with Gasteiger partial charge in [0.25, 0.3) is 0 Å². The molecule has 5 nitrogen and oxygen atoms in total. The molecule has 3 rings (SSSR count). The van der Waals surface area contributed by atoms with Crippen LogP contribution in [-0.2, 0) is 14.3 Å². The first kappa shape index (κ1) is 14.8. The molecule has 1 aliphatic carbocycles. The standard InChI is InChI=1S/C16H26N2O3/c1-11(2)18-9-13-8-17(15(19)7-12-3-4-12)6-5-14(13)21-10-16(18)20/h11-14H,3-10H2,1-2H3/t13-,14+/m1/s1. The number of rotatable bonds is 3. The summed E-state index contributed by atoms with van der Waals surface area (Å²) in [7, 11) is 0. The first-order valence-corrected chi connectivity index (χ1v) is 8.23. The maximum Gasteiger partial charge on any atom is 0.248 e. The smallest absolute Gasteiger partial charge is 0.248 e. The molecule has 118 valence electrons. The first-order chi connectivity index (χ1) is 10.0. The second-order valence-corrected chi connectivity index (χ2v) is 7.03. The van der Waals surface area contributed by atoms with Crippen molar-refractivity contribution in [1.82, 2.24) is 9.80 Å². The molecule has 0 aromatic rings. The number of hydrogen-bond acceptors (Lipinski definition) is 3. The molecule has 0 aromatic heterocycles. The molecule has 0 spiro atoms. The Morgan fingerprint density at radius 1 is 1.29 bits per heavy atom. The Balaban J connectivity index is 1.63. The van der Waals surface area contributed by atoms with Gasteiger partial charge >= 0.3 is 0 Å². The quantitative estimate of drug-likeness (QED) is 0.787. The summed E-state index contributed by atoms with van der Waals surface area (Å²) in [6.45, 7) is 6.51. The molecule has 2 saturated heterocycles. The number of amides is 2. The predicted molar refractivity (Wildman–Crippen MR) is 78.6 cm³/mol. The highest BCUT2D eigenvalue weighted by atomic mass is 16.5. The Labute approximate surface area is 126 Å². The van der Waals surface area contributed by atoms with E-state index in [4.69, 9.17) is 4.74 Å². The van der Waals surface area contributed by atoms with Gasteiger partial charge in [0.1, 0.15) is 6.61 Å². The minimum atomic E-state index is 0.0789. The van der Waals surface area contributed by atoms with Crippen molar-refractivity contribution in [3.63, 3.8) is 0 Å². The third kappa shape index (κ3) is 3.39. The van der Waals surface area contributed by atoms with E-state index in [0.29, 0.717) is 24.8 Å². The number of nitrogens with zero attached hydrogens (tertiary/aromatic N) is 2. The van der Waals surface area contributed by atoms with Gasteiger partial charge in [0.2, 0.25) is 11.8 Å². The molecule has 2 heterocycles. The van der Waals surface area contributed by atoms with Crippen LogP contribution >= 0.6 is 0 Å². The molecule has 3 aliphatic rings. The summed E-state index contributed by atoms with van der Waals surface area (Å²) in [4.78, 5) is 28.3. The van der Waals surface area contributed by atoms with Crippen molar-refractivity contribution in [2.75, 3.05) is 26.2 Å². The molecule has 0 N–H and O–H groups in total. The Morgan fingerprint density at radius 2 is 2.05 bits per heavy atom. The van der Waals surface area contributed by atoms with E-state index < -0.39 is 0 Å². The van der Waals surface area contributed by atoms with E-state index in [1.54, 1.807) is 0 Å². The zero-order valence-corrected chi connectivity index (χ0v) is 13.1. The van der Waals surface area contributed by atoms with E-state index in [1.165, 1.54) is 12.8 Å². The van der Waals surface area contributed by atoms with Gasteiger partial charge < -0.3 is 14.5 Å². The van der Waals surface area contributed by atoms with Crippen molar-refractivity contribution in [3.8, 4) is 0 Å². The maximum atomic E-state index is 12.3. The predicted octanol–water partition coefficient (Wildman–Crippen LogP) is 1.27. The average molecular weight is 294 g/mol. The Kier molecular flexibility index (Phi) is 4.20. The summed E-state index contributed by atoms with van der Waals surface area (Å²) in [5.74, 6) is 1.27. The maximum absolute atomic E-state index is 12.3. The van der Waals surface area contributed by atoms with E-state index in [0.717, 1.165) is 19.5 Å². The van der Waals surface area contributed by atoms with E-state index in [9.17, 15) is 9.59 Å². The van der Waals surface area contributed by atoms with Crippen LogP contribution < -0.4 is 0 Å². The van der Waals surface area contributed by atoms with Crippen molar-refractivity contribution in [2.45, 2.75) is 51.7 Å². The van der Waals surface area contributed by atoms with Gasteiger partial charge in [-0.15, -0.1) is 0 Å². The number of hydrogen-bond donors (Lipinski definition) is 0. The molecule has 0 unspecified atom stereocenters. The van der Waals surface area contributed by atoms with Gasteiger partial charge in [-0.3, -0.25) is 9.59 Å². The van der Waals surface area contributed by atoms with Crippen molar-refractivity contribution in [2.24, 2.45) is 11.8 Å². The van der Waals surface area contributed by atoms with Gasteiger partial charge in [0, 0.05) is 38.0 Å². The first-order valence-electron chi connectivity index (χ1n) is 8.23. The highest BCUT2D eigenvalue weighted by Crippen LogP contribution is 2.34. The number of piperidine rings is 1. The summed E-state index contributed by atoms with van der Waals surface area (Å²) in [5, 5.41) is 0. The molecular formula is C16H26N2O3. The summed E-state index contributed by atoms with van der Waals surface area (Å²) < 4.78 is 5.79. The molecule has 21 heavy (non-hydrogen) atoms. The van der Waals surface area contributed by atoms with Gasteiger partial charge in [0.05, 0.1) is 6.10 Å². The lowest BCUT2D eigenvalue weighted by Crippen LogP contribution is -2.50. The molecule has 3 fully saturated rings. The van der Waals surface area contributed by atoms with E-state index in [2.05, 4.69) is 0 Å². The van der Waals surface area contributed by atoms with E-state index >= 15 is 0 Å². The molecular weight excluding hydrogens is 268 g/mol. The minimum Gasteiger partial charge on any atom is -0.368 e. The van der Waals surface area contributed by atoms with Crippen LogP contribution in [0.3, 0.4) is 0 Å². The Morgan fingerprint density at radius 3 is 2.71 bits per heavy atom. The third-order valence-corrected chi connectivity index (χ3v) is 4.97. The normalized spacial score (nSPS) is 30.3. The monoisotopic (exact) mass is 294 g/mol. The zero-order chi connectivity index (χ0) is 15.0. The van der Waals surface area contributed by atoms with Gasteiger partial charge in [-0.05, 0) is 39.0 Å². The molecule has 0 radical (unpaired) electrons. The van der Waals surface area contributed by atoms with Crippen molar-refractivity contribution >= 4 is 11.8 Å². The number of fused-ring (bicyclic) bond motifs is 1.